The fourth-order valence-corrected chi connectivity index (χ4v) is 6.05. The van der Waals surface area contributed by atoms with Gasteiger partial charge in [0.15, 0.2) is 0 Å². The molecule has 3 fully saturated rings. The zero-order valence-electron chi connectivity index (χ0n) is 26.4. The largest absolute Gasteiger partial charge is 0.391 e. The predicted molar refractivity (Wildman–Crippen MR) is 166 cm³/mol. The van der Waals surface area contributed by atoms with Crippen LogP contribution in [0.4, 0.5) is 0 Å². The highest BCUT2D eigenvalue weighted by Crippen LogP contribution is 2.22. The molecule has 0 saturated carbocycles. The fraction of sp³-hybridized carbons (Fsp3) is 0.656. The Balaban J connectivity index is 1.56. The molecule has 0 unspecified atom stereocenters. The van der Waals surface area contributed by atoms with Crippen LogP contribution in [-0.2, 0) is 35.1 Å². The summed E-state index contributed by atoms with van der Waals surface area (Å²) in [7, 11) is 0. The summed E-state index contributed by atoms with van der Waals surface area (Å²) in [5.74, 6) is -2.46. The van der Waals surface area contributed by atoms with Gasteiger partial charge in [-0.05, 0) is 24.4 Å². The monoisotopic (exact) mass is 628 g/mol. The third-order valence-electron chi connectivity index (χ3n) is 8.91. The molecular formula is C32H48N6O7. The predicted octanol–water partition coefficient (Wildman–Crippen LogP) is -0.723. The number of ether oxygens (including phenoxy) is 1. The second kappa shape index (κ2) is 16.7. The highest BCUT2D eigenvalue weighted by Gasteiger charge is 2.43. The Bertz CT molecular complexity index is 1180. The Labute approximate surface area is 265 Å². The molecule has 248 valence electrons. The number of benzene rings is 1. The number of morpholine rings is 1. The molecule has 45 heavy (non-hydrogen) atoms. The molecular weight excluding hydrogens is 580 g/mol. The van der Waals surface area contributed by atoms with Gasteiger partial charge in [0, 0.05) is 52.0 Å². The van der Waals surface area contributed by atoms with E-state index in [4.69, 9.17) is 4.74 Å². The van der Waals surface area contributed by atoms with Crippen molar-refractivity contribution in [1.82, 2.24) is 30.7 Å². The lowest BCUT2D eigenvalue weighted by molar-refractivity contribution is -0.143. The van der Waals surface area contributed by atoms with Crippen molar-refractivity contribution in [3.63, 3.8) is 0 Å². The van der Waals surface area contributed by atoms with E-state index in [2.05, 4.69) is 20.9 Å². The molecule has 3 aliphatic heterocycles. The zero-order valence-corrected chi connectivity index (χ0v) is 26.4. The van der Waals surface area contributed by atoms with Crippen LogP contribution >= 0.6 is 0 Å². The minimum Gasteiger partial charge on any atom is -0.391 e. The quantitative estimate of drug-likeness (QED) is 0.294. The topological polar surface area (TPSA) is 161 Å². The van der Waals surface area contributed by atoms with Gasteiger partial charge in [0.2, 0.25) is 29.5 Å². The number of aliphatic hydroxyl groups excluding tert-OH is 1. The number of hydrogen-bond donors (Lipinski definition) is 4. The number of hydrogen-bond acceptors (Lipinski definition) is 8. The van der Waals surface area contributed by atoms with E-state index in [9.17, 15) is 29.1 Å². The lowest BCUT2D eigenvalue weighted by atomic mass is 9.97. The molecule has 0 aromatic heterocycles. The summed E-state index contributed by atoms with van der Waals surface area (Å²) in [5.41, 5.74) is 0.832. The van der Waals surface area contributed by atoms with E-state index in [0.717, 1.165) is 25.2 Å². The summed E-state index contributed by atoms with van der Waals surface area (Å²) in [6.45, 7) is 7.25. The van der Waals surface area contributed by atoms with Gasteiger partial charge in [0.05, 0.1) is 25.9 Å². The lowest BCUT2D eigenvalue weighted by Gasteiger charge is -2.32. The van der Waals surface area contributed by atoms with Gasteiger partial charge in [-0.3, -0.25) is 28.9 Å². The molecule has 0 spiro atoms. The van der Waals surface area contributed by atoms with Crippen molar-refractivity contribution in [3.8, 4) is 0 Å². The van der Waals surface area contributed by atoms with E-state index in [1.165, 1.54) is 9.80 Å². The van der Waals surface area contributed by atoms with Gasteiger partial charge in [0.1, 0.15) is 18.1 Å². The van der Waals surface area contributed by atoms with Crippen molar-refractivity contribution < 1.29 is 33.8 Å². The number of fused-ring (bicyclic) bond motifs is 1. The number of carbonyl (C=O) groups excluding carboxylic acids is 5. The number of aliphatic hydroxyl groups is 1. The normalized spacial score (nSPS) is 26.6. The maximum atomic E-state index is 13.9. The number of carbonyl (C=O) groups is 5. The Morgan fingerprint density at radius 1 is 1.04 bits per heavy atom. The van der Waals surface area contributed by atoms with Crippen LogP contribution < -0.4 is 16.0 Å². The second-order valence-electron chi connectivity index (χ2n) is 12.2. The molecule has 5 atom stereocenters. The number of nitrogens with zero attached hydrogens (tertiary/aromatic N) is 3. The first-order valence-corrected chi connectivity index (χ1v) is 16.1. The smallest absolute Gasteiger partial charge is 0.246 e. The fourth-order valence-electron chi connectivity index (χ4n) is 6.05. The van der Waals surface area contributed by atoms with Crippen LogP contribution in [0.2, 0.25) is 0 Å². The maximum Gasteiger partial charge on any atom is 0.246 e. The first kappa shape index (κ1) is 34.3. The summed E-state index contributed by atoms with van der Waals surface area (Å²) in [6.07, 6.45) is 0.718. The van der Waals surface area contributed by atoms with Crippen LogP contribution in [0.3, 0.4) is 0 Å². The van der Waals surface area contributed by atoms with E-state index in [1.54, 1.807) is 0 Å². The Morgan fingerprint density at radius 2 is 1.78 bits per heavy atom. The van der Waals surface area contributed by atoms with Crippen LogP contribution in [0.1, 0.15) is 45.1 Å². The van der Waals surface area contributed by atoms with Crippen LogP contribution in [0.25, 0.3) is 0 Å². The molecule has 3 saturated heterocycles. The number of nitrogens with one attached hydrogen (secondary N) is 3. The van der Waals surface area contributed by atoms with Gasteiger partial charge < -0.3 is 35.6 Å². The summed E-state index contributed by atoms with van der Waals surface area (Å²) < 4.78 is 5.39. The molecule has 4 N–H and O–H groups in total. The minimum absolute atomic E-state index is 0.0190. The first-order chi connectivity index (χ1) is 21.7. The molecule has 13 nitrogen and oxygen atoms in total. The SMILES string of the molecule is CC[C@H](C)[C@@H]1NC(=O)CN(C(=O)CCCN2CCOCC2)CCNC(=O)[C@H](Cc2ccccc2)NC(=O)[C@@H]2C[C@@H](O)CN2C1=O. The zero-order chi connectivity index (χ0) is 32.3. The average molecular weight is 629 g/mol. The van der Waals surface area contributed by atoms with Gasteiger partial charge in [0.25, 0.3) is 0 Å². The molecule has 5 amide bonds. The van der Waals surface area contributed by atoms with Crippen molar-refractivity contribution in [2.75, 3.05) is 59.0 Å². The molecule has 3 aliphatic rings. The van der Waals surface area contributed by atoms with Gasteiger partial charge in [-0.2, -0.15) is 0 Å². The highest BCUT2D eigenvalue weighted by molar-refractivity contribution is 5.95. The summed E-state index contributed by atoms with van der Waals surface area (Å²) >= 11 is 0. The van der Waals surface area contributed by atoms with Gasteiger partial charge in [-0.1, -0.05) is 50.6 Å². The maximum absolute atomic E-state index is 13.9. The molecule has 1 aromatic rings. The van der Waals surface area contributed by atoms with Crippen LogP contribution in [0.5, 0.6) is 0 Å². The van der Waals surface area contributed by atoms with Crippen molar-refractivity contribution >= 4 is 29.5 Å². The molecule has 0 bridgehead atoms. The van der Waals surface area contributed by atoms with Crippen molar-refractivity contribution in [3.05, 3.63) is 35.9 Å². The van der Waals surface area contributed by atoms with Gasteiger partial charge in [-0.25, -0.2) is 0 Å². The van der Waals surface area contributed by atoms with Crippen LogP contribution in [-0.4, -0.2) is 133 Å². The molecule has 3 heterocycles. The average Bonchev–Trinajstić information content (AvgIpc) is 3.44. The van der Waals surface area contributed by atoms with E-state index in [1.807, 2.05) is 44.2 Å². The van der Waals surface area contributed by atoms with Crippen LogP contribution in [0, 0.1) is 5.92 Å². The minimum atomic E-state index is -1.00. The molecule has 0 aliphatic carbocycles. The third-order valence-corrected chi connectivity index (χ3v) is 8.91. The molecule has 0 radical (unpaired) electrons. The Hall–Kier alpha value is -3.55. The number of amides is 5. The Morgan fingerprint density at radius 3 is 2.49 bits per heavy atom. The van der Waals surface area contributed by atoms with Crippen molar-refractivity contribution in [1.29, 1.82) is 0 Å². The summed E-state index contributed by atoms with van der Waals surface area (Å²) in [4.78, 5) is 72.6. The summed E-state index contributed by atoms with van der Waals surface area (Å²) in [5, 5.41) is 19.0. The van der Waals surface area contributed by atoms with E-state index in [0.29, 0.717) is 26.1 Å². The first-order valence-electron chi connectivity index (χ1n) is 16.1. The molecule has 1 aromatic carbocycles. The molecule has 4 rings (SSSR count). The standard InChI is InChI=1S/C32H48N6O7/c1-3-22(2)29-32(44)38-20-24(39)19-26(38)31(43)34-25(18-23-8-5-4-6-9-23)30(42)33-11-13-37(21-27(40)35-29)28(41)10-7-12-36-14-16-45-17-15-36/h4-6,8-9,22,24-26,29,39H,3,7,10-21H2,1-2H3,(H,33,42)(H,34,43)(H,35,40)/t22-,24+,25-,26-,29-/m0/s1. The molecule has 13 heteroatoms. The van der Waals surface area contributed by atoms with E-state index < -0.39 is 47.9 Å². The van der Waals surface area contributed by atoms with Gasteiger partial charge >= 0.3 is 0 Å². The van der Waals surface area contributed by atoms with Crippen molar-refractivity contribution in [2.24, 2.45) is 5.92 Å². The van der Waals surface area contributed by atoms with Crippen LogP contribution in [0.15, 0.2) is 30.3 Å². The highest BCUT2D eigenvalue weighted by atomic mass is 16.5. The van der Waals surface area contributed by atoms with Gasteiger partial charge in [-0.15, -0.1) is 0 Å². The Kier molecular flexibility index (Phi) is 12.7. The third kappa shape index (κ3) is 9.72. The summed E-state index contributed by atoms with van der Waals surface area (Å²) in [6, 6.07) is 6.35. The second-order valence-corrected chi connectivity index (χ2v) is 12.2. The number of rotatable bonds is 8. The lowest BCUT2D eigenvalue weighted by Crippen LogP contribution is -2.58. The van der Waals surface area contributed by atoms with Crippen molar-refractivity contribution in [2.45, 2.75) is 70.2 Å². The van der Waals surface area contributed by atoms with E-state index >= 15 is 0 Å². The van der Waals surface area contributed by atoms with E-state index in [-0.39, 0.29) is 57.3 Å².